The molecule has 0 atom stereocenters. The monoisotopic (exact) mass is 423 g/mol. The normalized spacial score (nSPS) is 14.4. The van der Waals surface area contributed by atoms with Crippen LogP contribution in [0.1, 0.15) is 26.3 Å². The summed E-state index contributed by atoms with van der Waals surface area (Å²) in [5.74, 6) is 0.655. The first-order valence-electron chi connectivity index (χ1n) is 10.2. The number of anilines is 1. The van der Waals surface area contributed by atoms with E-state index >= 15 is 0 Å². The lowest BCUT2D eigenvalue weighted by atomic mass is 9.97. The minimum atomic E-state index is -0.546. The van der Waals surface area contributed by atoms with Gasteiger partial charge in [0.1, 0.15) is 29.1 Å². The quantitative estimate of drug-likeness (QED) is 0.646. The van der Waals surface area contributed by atoms with E-state index < -0.39 is 5.60 Å². The highest BCUT2D eigenvalue weighted by Gasteiger charge is 2.35. The third-order valence-electron chi connectivity index (χ3n) is 5.12. The number of likely N-dealkylation sites (tertiary alicyclic amines) is 1. The molecule has 0 saturated carbocycles. The molecule has 162 valence electrons. The van der Waals surface area contributed by atoms with Crippen molar-refractivity contribution in [3.05, 3.63) is 54.0 Å². The van der Waals surface area contributed by atoms with Crippen LogP contribution in [0.5, 0.6) is 5.75 Å². The van der Waals surface area contributed by atoms with E-state index in [1.807, 2.05) is 45.9 Å². The maximum atomic E-state index is 14.6. The molecule has 0 unspecified atom stereocenters. The highest BCUT2D eigenvalue weighted by molar-refractivity contribution is 5.94. The molecule has 1 aliphatic heterocycles. The standard InChI is InChI=1S/C24H26FN3O3/c1-14-6-5-7-19(25)22(14)15-8-16-11-27-21(26)10-18(16)20(9-15)30-17-12-28(13-17)23(29)31-24(2,3)4/h5-11,17H,12-13H2,1-4H3,(H2,26,27). The maximum Gasteiger partial charge on any atom is 0.410 e. The molecule has 0 bridgehead atoms. The molecule has 0 aliphatic carbocycles. The number of aromatic nitrogens is 1. The summed E-state index contributed by atoms with van der Waals surface area (Å²) in [6, 6.07) is 10.5. The maximum absolute atomic E-state index is 14.6. The van der Waals surface area contributed by atoms with Gasteiger partial charge in [0.25, 0.3) is 0 Å². The van der Waals surface area contributed by atoms with Crippen molar-refractivity contribution < 1.29 is 18.7 Å². The van der Waals surface area contributed by atoms with Gasteiger partial charge in [0.15, 0.2) is 0 Å². The fourth-order valence-electron chi connectivity index (χ4n) is 3.65. The Morgan fingerprint density at radius 1 is 1.23 bits per heavy atom. The molecule has 3 aromatic rings. The second kappa shape index (κ2) is 7.72. The van der Waals surface area contributed by atoms with E-state index in [4.69, 9.17) is 15.2 Å². The van der Waals surface area contributed by atoms with Crippen LogP contribution in [0, 0.1) is 12.7 Å². The molecule has 1 fully saturated rings. The second-order valence-corrected chi connectivity index (χ2v) is 8.86. The van der Waals surface area contributed by atoms with Crippen LogP contribution in [0.15, 0.2) is 42.6 Å². The fourth-order valence-corrected chi connectivity index (χ4v) is 3.65. The zero-order chi connectivity index (χ0) is 22.3. The third-order valence-corrected chi connectivity index (χ3v) is 5.12. The van der Waals surface area contributed by atoms with Gasteiger partial charge in [-0.1, -0.05) is 12.1 Å². The second-order valence-electron chi connectivity index (χ2n) is 8.86. The number of nitrogens with zero attached hydrogens (tertiary/aromatic N) is 2. The van der Waals surface area contributed by atoms with Gasteiger partial charge in [0, 0.05) is 22.5 Å². The molecule has 0 radical (unpaired) electrons. The molecule has 0 spiro atoms. The highest BCUT2D eigenvalue weighted by atomic mass is 19.1. The first kappa shape index (κ1) is 20.9. The number of hydrogen-bond donors (Lipinski definition) is 1. The number of carbonyl (C=O) groups is 1. The summed E-state index contributed by atoms with van der Waals surface area (Å²) in [5, 5.41) is 1.59. The molecule has 2 N–H and O–H groups in total. The van der Waals surface area contributed by atoms with E-state index in [1.54, 1.807) is 23.2 Å². The Labute approximate surface area is 180 Å². The van der Waals surface area contributed by atoms with Crippen molar-refractivity contribution >= 4 is 22.7 Å². The topological polar surface area (TPSA) is 77.7 Å². The lowest BCUT2D eigenvalue weighted by molar-refractivity contribution is -0.0217. The Kier molecular flexibility index (Phi) is 5.21. The van der Waals surface area contributed by atoms with Crippen LogP contribution in [0.25, 0.3) is 21.9 Å². The van der Waals surface area contributed by atoms with Crippen molar-refractivity contribution in [1.82, 2.24) is 9.88 Å². The number of amides is 1. The summed E-state index contributed by atoms with van der Waals surface area (Å²) < 4.78 is 26.2. The summed E-state index contributed by atoms with van der Waals surface area (Å²) in [6.07, 6.45) is 1.11. The molecular formula is C24H26FN3O3. The smallest absolute Gasteiger partial charge is 0.410 e. The van der Waals surface area contributed by atoms with E-state index in [2.05, 4.69) is 4.98 Å². The Bertz CT molecular complexity index is 1130. The van der Waals surface area contributed by atoms with Crippen LogP contribution < -0.4 is 10.5 Å². The van der Waals surface area contributed by atoms with E-state index in [0.717, 1.165) is 16.3 Å². The minimum absolute atomic E-state index is 0.193. The van der Waals surface area contributed by atoms with Crippen molar-refractivity contribution in [2.24, 2.45) is 0 Å². The first-order valence-corrected chi connectivity index (χ1v) is 10.2. The Morgan fingerprint density at radius 3 is 2.65 bits per heavy atom. The third kappa shape index (κ3) is 4.40. The first-order chi connectivity index (χ1) is 14.6. The minimum Gasteiger partial charge on any atom is -0.486 e. The number of rotatable bonds is 3. The van der Waals surface area contributed by atoms with Crippen molar-refractivity contribution in [3.63, 3.8) is 0 Å². The van der Waals surface area contributed by atoms with Gasteiger partial charge in [0.05, 0.1) is 13.1 Å². The molecule has 4 rings (SSSR count). The van der Waals surface area contributed by atoms with E-state index in [1.165, 1.54) is 6.07 Å². The molecule has 6 nitrogen and oxygen atoms in total. The van der Waals surface area contributed by atoms with Gasteiger partial charge in [-0.05, 0) is 63.1 Å². The highest BCUT2D eigenvalue weighted by Crippen LogP contribution is 2.36. The lowest BCUT2D eigenvalue weighted by Gasteiger charge is -2.39. The molecule has 1 saturated heterocycles. The molecule has 2 heterocycles. The van der Waals surface area contributed by atoms with Gasteiger partial charge >= 0.3 is 6.09 Å². The zero-order valence-electron chi connectivity index (χ0n) is 18.1. The number of nitrogens with two attached hydrogens (primary N) is 1. The molecule has 2 aromatic carbocycles. The van der Waals surface area contributed by atoms with Gasteiger partial charge < -0.3 is 20.1 Å². The van der Waals surface area contributed by atoms with Crippen LogP contribution in [-0.4, -0.2) is 40.8 Å². The van der Waals surface area contributed by atoms with Crippen molar-refractivity contribution in [1.29, 1.82) is 0 Å². The predicted octanol–water partition coefficient (Wildman–Crippen LogP) is 4.93. The fraction of sp³-hybridized carbons (Fsp3) is 0.333. The van der Waals surface area contributed by atoms with Crippen LogP contribution in [-0.2, 0) is 4.74 Å². The summed E-state index contributed by atoms with van der Waals surface area (Å²) in [5.41, 5.74) is 7.40. The molecule has 7 heteroatoms. The number of nitrogen functional groups attached to an aromatic ring is 1. The average Bonchev–Trinajstić information content (AvgIpc) is 2.63. The van der Waals surface area contributed by atoms with E-state index in [0.29, 0.717) is 35.8 Å². The number of carbonyl (C=O) groups excluding carboxylic acids is 1. The molecule has 1 aliphatic rings. The molecular weight excluding hydrogens is 397 g/mol. The summed E-state index contributed by atoms with van der Waals surface area (Å²) in [7, 11) is 0. The van der Waals surface area contributed by atoms with Gasteiger partial charge in [-0.15, -0.1) is 0 Å². The molecule has 1 amide bonds. The lowest BCUT2D eigenvalue weighted by Crippen LogP contribution is -2.57. The Hall–Kier alpha value is -3.35. The van der Waals surface area contributed by atoms with Gasteiger partial charge in [-0.25, -0.2) is 14.2 Å². The van der Waals surface area contributed by atoms with Crippen molar-refractivity contribution in [2.45, 2.75) is 39.4 Å². The molecule has 31 heavy (non-hydrogen) atoms. The van der Waals surface area contributed by atoms with Crippen molar-refractivity contribution in [2.75, 3.05) is 18.8 Å². The zero-order valence-corrected chi connectivity index (χ0v) is 18.1. The summed E-state index contributed by atoms with van der Waals surface area (Å²) in [4.78, 5) is 18.0. The Morgan fingerprint density at radius 2 is 1.97 bits per heavy atom. The van der Waals surface area contributed by atoms with Crippen LogP contribution in [0.3, 0.4) is 0 Å². The van der Waals surface area contributed by atoms with E-state index in [-0.39, 0.29) is 18.0 Å². The predicted molar refractivity (Wildman–Crippen MR) is 119 cm³/mol. The number of aryl methyl sites for hydroxylation is 1. The number of ether oxygens (including phenoxy) is 2. The van der Waals surface area contributed by atoms with E-state index in [9.17, 15) is 9.18 Å². The van der Waals surface area contributed by atoms with Crippen molar-refractivity contribution in [3.8, 4) is 16.9 Å². The number of fused-ring (bicyclic) bond motifs is 1. The van der Waals surface area contributed by atoms with Gasteiger partial charge in [-0.2, -0.15) is 0 Å². The Balaban J connectivity index is 1.63. The number of hydrogen-bond acceptors (Lipinski definition) is 5. The SMILES string of the molecule is Cc1cccc(F)c1-c1cc(OC2CN(C(=O)OC(C)(C)C)C2)c2cc(N)ncc2c1. The summed E-state index contributed by atoms with van der Waals surface area (Å²) in [6.45, 7) is 8.20. The van der Waals surface area contributed by atoms with Crippen LogP contribution in [0.4, 0.5) is 15.0 Å². The number of halogens is 1. The largest absolute Gasteiger partial charge is 0.486 e. The average molecular weight is 423 g/mol. The van der Waals surface area contributed by atoms with Crippen LogP contribution in [0.2, 0.25) is 0 Å². The van der Waals surface area contributed by atoms with Gasteiger partial charge in [0.2, 0.25) is 0 Å². The van der Waals surface area contributed by atoms with Crippen LogP contribution >= 0.6 is 0 Å². The number of benzene rings is 2. The van der Waals surface area contributed by atoms with Gasteiger partial charge in [-0.3, -0.25) is 0 Å². The number of pyridine rings is 1. The molecule has 1 aromatic heterocycles. The summed E-state index contributed by atoms with van der Waals surface area (Å²) >= 11 is 0.